The zero-order chi connectivity index (χ0) is 18.9. The van der Waals surface area contributed by atoms with E-state index in [4.69, 9.17) is 19.9 Å². The number of nitrogens with two attached hydrogens (primary N) is 1. The Balaban J connectivity index is 0.00000364. The normalized spacial score (nSPS) is 14.9. The van der Waals surface area contributed by atoms with Crippen LogP contribution in [0.3, 0.4) is 0 Å². The van der Waals surface area contributed by atoms with Gasteiger partial charge in [-0.2, -0.15) is 0 Å². The molecular weight excluding hydrogens is 463 g/mol. The highest BCUT2D eigenvalue weighted by molar-refractivity contribution is 14.0. The Kier molecular flexibility index (Phi) is 10.0. The number of para-hydroxylation sites is 1. The van der Waals surface area contributed by atoms with E-state index in [1.54, 1.807) is 26.0 Å². The van der Waals surface area contributed by atoms with Crippen molar-refractivity contribution in [3.05, 3.63) is 23.8 Å². The van der Waals surface area contributed by atoms with Crippen molar-refractivity contribution in [3.8, 4) is 11.5 Å². The maximum Gasteiger partial charge on any atom is 0.409 e. The quantitative estimate of drug-likeness (QED) is 0.360. The van der Waals surface area contributed by atoms with Gasteiger partial charge in [0.1, 0.15) is 0 Å². The lowest BCUT2D eigenvalue weighted by Gasteiger charge is -2.31. The molecule has 1 amide bonds. The number of benzene rings is 1. The summed E-state index contributed by atoms with van der Waals surface area (Å²) in [5.41, 5.74) is 6.92. The SMILES string of the molecule is CCOC(=O)N1CCC(NC(N)=NCc2cccc(OC)c2OC)CC1.I. The van der Waals surface area contributed by atoms with Gasteiger partial charge in [-0.15, -0.1) is 24.0 Å². The lowest BCUT2D eigenvalue weighted by molar-refractivity contribution is 0.0963. The first-order valence-electron chi connectivity index (χ1n) is 8.77. The third-order valence-electron chi connectivity index (χ3n) is 4.28. The first-order valence-corrected chi connectivity index (χ1v) is 8.77. The van der Waals surface area contributed by atoms with Crippen molar-refractivity contribution in [2.24, 2.45) is 10.7 Å². The van der Waals surface area contributed by atoms with Gasteiger partial charge in [0, 0.05) is 24.7 Å². The van der Waals surface area contributed by atoms with Crippen LogP contribution >= 0.6 is 24.0 Å². The molecule has 1 aliphatic rings. The molecule has 3 N–H and O–H groups in total. The summed E-state index contributed by atoms with van der Waals surface area (Å²) in [4.78, 5) is 17.8. The van der Waals surface area contributed by atoms with Gasteiger partial charge in [0.25, 0.3) is 0 Å². The molecule has 0 spiro atoms. The first kappa shape index (κ1) is 23.1. The van der Waals surface area contributed by atoms with Crippen LogP contribution < -0.4 is 20.5 Å². The Morgan fingerprint density at radius 3 is 2.59 bits per heavy atom. The standard InChI is InChI=1S/C18H28N4O4.HI/c1-4-26-18(23)22-10-8-14(9-11-22)21-17(19)20-12-13-6-5-7-15(24-2)16(13)25-3;/h5-7,14H,4,8-12H2,1-3H3,(H3,19,20,21);1H. The Morgan fingerprint density at radius 2 is 2.00 bits per heavy atom. The number of hydrogen-bond acceptors (Lipinski definition) is 5. The molecular formula is C18H29IN4O4. The summed E-state index contributed by atoms with van der Waals surface area (Å²) in [6.45, 7) is 3.88. The molecule has 1 aliphatic heterocycles. The number of likely N-dealkylation sites (tertiary alicyclic amines) is 1. The van der Waals surface area contributed by atoms with Gasteiger partial charge in [0.05, 0.1) is 27.4 Å². The van der Waals surface area contributed by atoms with E-state index in [9.17, 15) is 4.79 Å². The summed E-state index contributed by atoms with van der Waals surface area (Å²) < 4.78 is 15.7. The van der Waals surface area contributed by atoms with Crippen LogP contribution in [0.1, 0.15) is 25.3 Å². The number of nitrogens with zero attached hydrogens (tertiary/aromatic N) is 2. The van der Waals surface area contributed by atoms with Crippen LogP contribution in [0.15, 0.2) is 23.2 Å². The van der Waals surface area contributed by atoms with Crippen LogP contribution in [0.25, 0.3) is 0 Å². The maximum absolute atomic E-state index is 11.7. The number of hydrogen-bond donors (Lipinski definition) is 2. The Labute approximate surface area is 177 Å². The first-order chi connectivity index (χ1) is 12.6. The number of aliphatic imine (C=N–C) groups is 1. The fourth-order valence-corrected chi connectivity index (χ4v) is 2.92. The Bertz CT molecular complexity index is 634. The van der Waals surface area contributed by atoms with Gasteiger partial charge in [0.15, 0.2) is 17.5 Å². The number of carbonyl (C=O) groups is 1. The second-order valence-corrected chi connectivity index (χ2v) is 5.96. The summed E-state index contributed by atoms with van der Waals surface area (Å²) in [6, 6.07) is 5.85. The smallest absolute Gasteiger partial charge is 0.409 e. The largest absolute Gasteiger partial charge is 0.493 e. The van der Waals surface area contributed by atoms with E-state index in [0.717, 1.165) is 18.4 Å². The molecule has 27 heavy (non-hydrogen) atoms. The third kappa shape index (κ3) is 6.64. The molecule has 152 valence electrons. The summed E-state index contributed by atoms with van der Waals surface area (Å²) in [6.07, 6.45) is 1.35. The molecule has 0 bridgehead atoms. The van der Waals surface area contributed by atoms with E-state index in [1.807, 2.05) is 18.2 Å². The van der Waals surface area contributed by atoms with Crippen molar-refractivity contribution in [1.82, 2.24) is 10.2 Å². The van der Waals surface area contributed by atoms with Gasteiger partial charge in [-0.05, 0) is 25.8 Å². The molecule has 1 heterocycles. The molecule has 0 aromatic heterocycles. The number of halogens is 1. The summed E-state index contributed by atoms with van der Waals surface area (Å²) in [5.74, 6) is 1.71. The topological polar surface area (TPSA) is 98.4 Å². The number of ether oxygens (including phenoxy) is 3. The molecule has 1 aromatic carbocycles. The number of amides is 1. The van der Waals surface area contributed by atoms with Crippen LogP contribution in [0, 0.1) is 0 Å². The van der Waals surface area contributed by atoms with E-state index in [-0.39, 0.29) is 36.1 Å². The van der Waals surface area contributed by atoms with Crippen molar-refractivity contribution in [3.63, 3.8) is 0 Å². The molecule has 1 aromatic rings. The minimum atomic E-state index is -0.252. The molecule has 0 unspecified atom stereocenters. The third-order valence-corrected chi connectivity index (χ3v) is 4.28. The minimum absolute atomic E-state index is 0. The molecule has 1 fully saturated rings. The lowest BCUT2D eigenvalue weighted by atomic mass is 10.1. The van der Waals surface area contributed by atoms with E-state index in [1.165, 1.54) is 0 Å². The Morgan fingerprint density at radius 1 is 1.30 bits per heavy atom. The van der Waals surface area contributed by atoms with Gasteiger partial charge in [-0.3, -0.25) is 0 Å². The molecule has 1 saturated heterocycles. The monoisotopic (exact) mass is 492 g/mol. The van der Waals surface area contributed by atoms with Gasteiger partial charge in [0.2, 0.25) is 0 Å². The van der Waals surface area contributed by atoms with E-state index >= 15 is 0 Å². The highest BCUT2D eigenvalue weighted by Crippen LogP contribution is 2.31. The second kappa shape index (κ2) is 11.7. The van der Waals surface area contributed by atoms with E-state index in [2.05, 4.69) is 10.3 Å². The number of rotatable bonds is 6. The summed E-state index contributed by atoms with van der Waals surface area (Å²) in [7, 11) is 3.20. The average Bonchev–Trinajstić information content (AvgIpc) is 2.66. The maximum atomic E-state index is 11.7. The molecule has 2 rings (SSSR count). The number of piperidine rings is 1. The summed E-state index contributed by atoms with van der Waals surface area (Å²) in [5, 5.41) is 3.22. The van der Waals surface area contributed by atoms with Gasteiger partial charge in [-0.25, -0.2) is 9.79 Å². The molecule has 0 radical (unpaired) electrons. The molecule has 0 atom stereocenters. The van der Waals surface area contributed by atoms with Gasteiger partial charge >= 0.3 is 6.09 Å². The van der Waals surface area contributed by atoms with Crippen molar-refractivity contribution < 1.29 is 19.0 Å². The van der Waals surface area contributed by atoms with Crippen molar-refractivity contribution in [2.75, 3.05) is 33.9 Å². The number of guanidine groups is 1. The number of nitrogens with one attached hydrogen (secondary N) is 1. The van der Waals surface area contributed by atoms with Crippen LogP contribution in [0.4, 0.5) is 4.79 Å². The van der Waals surface area contributed by atoms with Crippen LogP contribution in [0.2, 0.25) is 0 Å². The van der Waals surface area contributed by atoms with Gasteiger partial charge < -0.3 is 30.2 Å². The summed E-state index contributed by atoms with van der Waals surface area (Å²) >= 11 is 0. The highest BCUT2D eigenvalue weighted by Gasteiger charge is 2.23. The minimum Gasteiger partial charge on any atom is -0.493 e. The van der Waals surface area contributed by atoms with Crippen molar-refractivity contribution >= 4 is 36.0 Å². The van der Waals surface area contributed by atoms with Crippen LogP contribution in [-0.4, -0.2) is 56.9 Å². The predicted molar refractivity (Wildman–Crippen MR) is 115 cm³/mol. The van der Waals surface area contributed by atoms with Crippen molar-refractivity contribution in [2.45, 2.75) is 32.4 Å². The fourth-order valence-electron chi connectivity index (χ4n) is 2.92. The number of carbonyl (C=O) groups excluding carboxylic acids is 1. The average molecular weight is 492 g/mol. The van der Waals surface area contributed by atoms with E-state index in [0.29, 0.717) is 43.7 Å². The number of methoxy groups -OCH3 is 2. The Hall–Kier alpha value is -1.91. The molecule has 9 heteroatoms. The lowest BCUT2D eigenvalue weighted by Crippen LogP contribution is -2.48. The predicted octanol–water partition coefficient (Wildman–Crippen LogP) is 2.35. The van der Waals surface area contributed by atoms with Crippen molar-refractivity contribution in [1.29, 1.82) is 0 Å². The van der Waals surface area contributed by atoms with E-state index < -0.39 is 0 Å². The zero-order valence-electron chi connectivity index (χ0n) is 16.1. The zero-order valence-corrected chi connectivity index (χ0v) is 18.4. The second-order valence-electron chi connectivity index (χ2n) is 5.96. The van der Waals surface area contributed by atoms with Crippen LogP contribution in [0.5, 0.6) is 11.5 Å². The molecule has 0 saturated carbocycles. The molecule has 8 nitrogen and oxygen atoms in total. The van der Waals surface area contributed by atoms with Gasteiger partial charge in [-0.1, -0.05) is 12.1 Å². The highest BCUT2D eigenvalue weighted by atomic mass is 127. The molecule has 0 aliphatic carbocycles. The van der Waals surface area contributed by atoms with Crippen LogP contribution in [-0.2, 0) is 11.3 Å². The fraction of sp³-hybridized carbons (Fsp3) is 0.556.